The topological polar surface area (TPSA) is 63.3 Å². The van der Waals surface area contributed by atoms with Crippen LogP contribution in [0.1, 0.15) is 110 Å². The number of aromatic nitrogens is 1. The fraction of sp³-hybridized carbons (Fsp3) is 0.417. The monoisotopic (exact) mass is 921 g/mol. The minimum Gasteiger partial charge on any atom is -0.512 e. The SMILES string of the molecule is CCC(CC)C(=O)/C=C(\O)C(CC)CC.Cc1cc2c(-c3ccc4c(CC(C)C)c(C)oc4c3)cc(-c3[c-]c4ccccc4c(C(C)(C)C)c3)nc2s1.[Ir]. The van der Waals surface area contributed by atoms with Gasteiger partial charge < -0.3 is 9.52 Å². The number of thiophene rings is 1. The van der Waals surface area contributed by atoms with Crippen molar-refractivity contribution in [2.24, 2.45) is 17.8 Å². The van der Waals surface area contributed by atoms with Crippen molar-refractivity contribution >= 4 is 49.1 Å². The first kappa shape index (κ1) is 43.2. The maximum absolute atomic E-state index is 11.7. The van der Waals surface area contributed by atoms with Crippen LogP contribution in [0, 0.1) is 37.7 Å². The summed E-state index contributed by atoms with van der Waals surface area (Å²) in [5.74, 6) is 2.16. The summed E-state index contributed by atoms with van der Waals surface area (Å²) < 4.78 is 6.28. The Labute approximate surface area is 340 Å². The van der Waals surface area contributed by atoms with Gasteiger partial charge in [-0.3, -0.25) is 9.78 Å². The van der Waals surface area contributed by atoms with E-state index in [1.165, 1.54) is 43.8 Å². The number of aliphatic hydroxyl groups is 1. The summed E-state index contributed by atoms with van der Waals surface area (Å²) in [4.78, 5) is 19.2. The molecule has 4 nitrogen and oxygen atoms in total. The van der Waals surface area contributed by atoms with Crippen molar-refractivity contribution in [1.82, 2.24) is 4.98 Å². The average molecular weight is 921 g/mol. The Morgan fingerprint density at radius 1 is 0.889 bits per heavy atom. The van der Waals surface area contributed by atoms with Crippen LogP contribution in [0.4, 0.5) is 0 Å². The standard InChI is InChI=1S/C35H34NOS.C13H24O2.Ir/c1-20(2)14-28-22(4)37-33-18-24(12-13-27(28)33)29-19-32(36-34-30(29)15-21(3)38-34)25-16-23-10-8-9-11-26(23)31(17-25)35(5,6)7;1-5-10(6-2)12(14)9-13(15)11(7-3)8-4;/h8-13,15,17-20H,14H2,1-7H3;9-11,14H,5-8H2,1-4H3;/q-1;;/b;12-9-;. The van der Waals surface area contributed by atoms with E-state index in [0.717, 1.165) is 70.5 Å². The third-order valence-corrected chi connectivity index (χ3v) is 11.4. The summed E-state index contributed by atoms with van der Waals surface area (Å²) in [5.41, 5.74) is 7.96. The quantitative estimate of drug-likeness (QED) is 0.0799. The molecule has 6 heteroatoms. The van der Waals surface area contributed by atoms with Gasteiger partial charge >= 0.3 is 0 Å². The van der Waals surface area contributed by atoms with Crippen molar-refractivity contribution in [1.29, 1.82) is 0 Å². The molecule has 0 amide bonds. The van der Waals surface area contributed by atoms with E-state index in [1.54, 1.807) is 11.3 Å². The zero-order valence-corrected chi connectivity index (χ0v) is 37.3. The number of carbonyl (C=O) groups is 1. The number of furan rings is 1. The first-order valence-corrected chi connectivity index (χ1v) is 20.3. The van der Waals surface area contributed by atoms with Crippen LogP contribution in [-0.2, 0) is 36.7 Å². The van der Waals surface area contributed by atoms with Gasteiger partial charge in [0.05, 0.1) is 5.76 Å². The Bertz CT molecular complexity index is 2240. The molecule has 1 N–H and O–H groups in total. The van der Waals surface area contributed by atoms with Crippen LogP contribution in [0.25, 0.3) is 54.3 Å². The molecule has 1 radical (unpaired) electrons. The van der Waals surface area contributed by atoms with Gasteiger partial charge in [-0.25, -0.2) is 0 Å². The minimum absolute atomic E-state index is 0. The second-order valence-electron chi connectivity index (χ2n) is 16.0. The molecule has 0 aliphatic carbocycles. The number of benzene rings is 3. The molecule has 3 aromatic carbocycles. The van der Waals surface area contributed by atoms with E-state index in [2.05, 4.69) is 115 Å². The minimum atomic E-state index is 0. The number of carbonyl (C=O) groups excluding carboxylic acids is 1. The van der Waals surface area contributed by atoms with Gasteiger partial charge in [-0.15, -0.1) is 40.5 Å². The summed E-state index contributed by atoms with van der Waals surface area (Å²) in [6.45, 7) is 23.7. The Morgan fingerprint density at radius 2 is 1.56 bits per heavy atom. The van der Waals surface area contributed by atoms with Crippen LogP contribution < -0.4 is 0 Å². The Hall–Kier alpha value is -3.57. The molecule has 0 aliphatic heterocycles. The number of fused-ring (bicyclic) bond motifs is 3. The third kappa shape index (κ3) is 9.62. The zero-order valence-electron chi connectivity index (χ0n) is 34.1. The maximum Gasteiger partial charge on any atom is 0.162 e. The van der Waals surface area contributed by atoms with E-state index in [0.29, 0.717) is 5.92 Å². The van der Waals surface area contributed by atoms with Crippen LogP contribution in [0.5, 0.6) is 0 Å². The molecule has 3 heterocycles. The van der Waals surface area contributed by atoms with Gasteiger partial charge in [-0.05, 0) is 80.5 Å². The summed E-state index contributed by atoms with van der Waals surface area (Å²) in [5, 5.41) is 14.6. The number of allylic oxidation sites excluding steroid dienone is 2. The maximum atomic E-state index is 11.7. The van der Waals surface area contributed by atoms with Crippen LogP contribution in [0.15, 0.2) is 76.9 Å². The Kier molecular flexibility index (Phi) is 14.7. The van der Waals surface area contributed by atoms with Gasteiger partial charge in [0.1, 0.15) is 16.2 Å². The molecule has 0 spiro atoms. The predicted octanol–water partition coefficient (Wildman–Crippen LogP) is 14.3. The van der Waals surface area contributed by atoms with Crippen molar-refractivity contribution < 1.29 is 34.4 Å². The number of aryl methyl sites for hydroxylation is 2. The first-order chi connectivity index (χ1) is 25.2. The van der Waals surface area contributed by atoms with Crippen molar-refractivity contribution in [3.8, 4) is 22.4 Å². The number of pyridine rings is 1. The number of nitrogens with zero attached hydrogens (tertiary/aromatic N) is 1. The Morgan fingerprint density at radius 3 is 2.19 bits per heavy atom. The normalized spacial score (nSPS) is 12.2. The first-order valence-electron chi connectivity index (χ1n) is 19.5. The van der Waals surface area contributed by atoms with E-state index in [1.807, 2.05) is 27.7 Å². The third-order valence-electron chi connectivity index (χ3n) is 10.5. The summed E-state index contributed by atoms with van der Waals surface area (Å²) >= 11 is 1.75. The molecule has 0 aliphatic rings. The predicted molar refractivity (Wildman–Crippen MR) is 227 cm³/mol. The number of hydrogen-bond donors (Lipinski definition) is 1. The number of hydrogen-bond acceptors (Lipinski definition) is 5. The van der Waals surface area contributed by atoms with Crippen LogP contribution >= 0.6 is 11.3 Å². The van der Waals surface area contributed by atoms with Gasteiger partial charge in [0.15, 0.2) is 5.78 Å². The van der Waals surface area contributed by atoms with E-state index in [9.17, 15) is 9.90 Å². The van der Waals surface area contributed by atoms with Gasteiger partial charge in [0.25, 0.3) is 0 Å². The van der Waals surface area contributed by atoms with E-state index in [4.69, 9.17) is 9.40 Å². The molecule has 0 atom stereocenters. The van der Waals surface area contributed by atoms with Gasteiger partial charge in [-0.2, -0.15) is 0 Å². The van der Waals surface area contributed by atoms with Gasteiger partial charge in [-0.1, -0.05) is 110 Å². The van der Waals surface area contributed by atoms with Gasteiger partial charge in [0.2, 0.25) is 0 Å². The van der Waals surface area contributed by atoms with Crippen LogP contribution in [0.3, 0.4) is 0 Å². The molecule has 0 saturated carbocycles. The van der Waals surface area contributed by atoms with Crippen molar-refractivity contribution in [3.63, 3.8) is 0 Å². The summed E-state index contributed by atoms with van der Waals surface area (Å²) in [6, 6.07) is 25.7. The average Bonchev–Trinajstić information content (AvgIpc) is 3.65. The molecule has 6 aromatic rings. The summed E-state index contributed by atoms with van der Waals surface area (Å²) in [7, 11) is 0. The van der Waals surface area contributed by atoms with Crippen LogP contribution in [0.2, 0.25) is 0 Å². The van der Waals surface area contributed by atoms with E-state index in [-0.39, 0.29) is 48.9 Å². The largest absolute Gasteiger partial charge is 0.512 e. The molecular formula is C48H58IrNO3S-. The number of rotatable bonds is 11. The van der Waals surface area contributed by atoms with Crippen molar-refractivity contribution in [2.75, 3.05) is 0 Å². The van der Waals surface area contributed by atoms with Crippen molar-refractivity contribution in [3.05, 3.63) is 100 Å². The Balaban J connectivity index is 0.000000347. The molecule has 0 fully saturated rings. The molecule has 289 valence electrons. The van der Waals surface area contributed by atoms with Crippen LogP contribution in [-0.4, -0.2) is 15.9 Å². The van der Waals surface area contributed by atoms with Gasteiger partial charge in [0, 0.05) is 64.9 Å². The second-order valence-corrected chi connectivity index (χ2v) is 17.2. The molecule has 54 heavy (non-hydrogen) atoms. The zero-order chi connectivity index (χ0) is 38.6. The fourth-order valence-corrected chi connectivity index (χ4v) is 8.29. The molecule has 0 bridgehead atoms. The molecule has 0 unspecified atom stereocenters. The van der Waals surface area contributed by atoms with Crippen molar-refractivity contribution in [2.45, 2.75) is 114 Å². The molecule has 3 aromatic heterocycles. The molecule has 0 saturated heterocycles. The number of ketones is 1. The fourth-order valence-electron chi connectivity index (χ4n) is 7.38. The molecule has 6 rings (SSSR count). The van der Waals surface area contributed by atoms with E-state index < -0.39 is 0 Å². The summed E-state index contributed by atoms with van der Waals surface area (Å²) in [6.07, 6.45) is 5.93. The second kappa shape index (κ2) is 18.4. The smallest absolute Gasteiger partial charge is 0.162 e. The number of aliphatic hydroxyl groups excluding tert-OH is 1. The molecular weight excluding hydrogens is 863 g/mol. The van der Waals surface area contributed by atoms with E-state index >= 15 is 0 Å².